The summed E-state index contributed by atoms with van der Waals surface area (Å²) in [5.41, 5.74) is 0. The second-order valence-electron chi connectivity index (χ2n) is 28.7. The second kappa shape index (κ2) is 73.5. The highest BCUT2D eigenvalue weighted by Crippen LogP contribution is 2.44. The largest absolute Gasteiger partial charge is 0.472 e. The summed E-state index contributed by atoms with van der Waals surface area (Å²) in [5, 5.41) is 20.9. The van der Waals surface area contributed by atoms with Crippen LogP contribution in [0.2, 0.25) is 0 Å². The number of phosphoric acid groups is 2. The lowest BCUT2D eigenvalue weighted by molar-refractivity contribution is -0.152. The van der Waals surface area contributed by atoms with Gasteiger partial charge in [-0.2, -0.15) is 0 Å². The summed E-state index contributed by atoms with van der Waals surface area (Å²) in [6.07, 6.45) is 48.2. The van der Waals surface area contributed by atoms with E-state index in [2.05, 4.69) is 87.1 Å². The molecule has 0 aromatic rings. The molecule has 0 aliphatic carbocycles. The zero-order valence-corrected chi connectivity index (χ0v) is 69.4. The van der Waals surface area contributed by atoms with Gasteiger partial charge in [-0.25, -0.2) is 9.13 Å². The lowest BCUT2D eigenvalue weighted by Gasteiger charge is -2.23. The van der Waals surface area contributed by atoms with Crippen molar-refractivity contribution in [3.8, 4) is 0 Å². The first kappa shape index (κ1) is 103. The molecule has 626 valence electrons. The topological polar surface area (TPSA) is 336 Å². The molecular formula is C81H152N4O20P2. The molecule has 4 unspecified atom stereocenters. The van der Waals surface area contributed by atoms with E-state index in [1.807, 2.05) is 0 Å². The number of amides is 4. The summed E-state index contributed by atoms with van der Waals surface area (Å²) in [6, 6.07) is -1.96. The summed E-state index contributed by atoms with van der Waals surface area (Å²) in [4.78, 5) is 113. The van der Waals surface area contributed by atoms with Crippen molar-refractivity contribution in [2.45, 2.75) is 387 Å². The molecule has 0 heterocycles. The van der Waals surface area contributed by atoms with Crippen LogP contribution in [0.25, 0.3) is 0 Å². The number of ether oxygens (including phenoxy) is 4. The Morgan fingerprint density at radius 2 is 0.720 bits per heavy atom. The van der Waals surface area contributed by atoms with Crippen molar-refractivity contribution in [2.24, 2.45) is 0 Å². The number of hydrogen-bond donors (Lipinski definition) is 7. The van der Waals surface area contributed by atoms with Gasteiger partial charge < -0.3 is 55.1 Å². The first-order valence-corrected chi connectivity index (χ1v) is 45.1. The number of hydrogen-bond acceptors (Lipinski definition) is 18. The van der Waals surface area contributed by atoms with Crippen molar-refractivity contribution < 1.29 is 94.6 Å². The average molecular weight is 1560 g/mol. The van der Waals surface area contributed by atoms with Gasteiger partial charge in [0.2, 0.25) is 23.6 Å². The number of carbonyl (C=O) groups excluding carboxylic acids is 7. The number of aliphatic hydroxyl groups excluding tert-OH is 1. The van der Waals surface area contributed by atoms with Crippen LogP contribution in [0.3, 0.4) is 0 Å². The average Bonchev–Trinajstić information content (AvgIpc) is 0.920. The summed E-state index contributed by atoms with van der Waals surface area (Å²) in [5.74, 6) is -3.57. The van der Waals surface area contributed by atoms with E-state index in [4.69, 9.17) is 37.0 Å². The van der Waals surface area contributed by atoms with Crippen LogP contribution >= 0.6 is 15.6 Å². The molecule has 0 aliphatic heterocycles. The van der Waals surface area contributed by atoms with Crippen LogP contribution in [0.15, 0.2) is 24.3 Å². The number of allylic oxidation sites excluding steroid dienone is 4. The Morgan fingerprint density at radius 1 is 0.355 bits per heavy atom. The third-order valence-electron chi connectivity index (χ3n) is 18.2. The molecule has 0 spiro atoms. The van der Waals surface area contributed by atoms with Crippen LogP contribution in [0.5, 0.6) is 0 Å². The Morgan fingerprint density at radius 3 is 1.17 bits per heavy atom. The van der Waals surface area contributed by atoms with Crippen LogP contribution in [0.4, 0.5) is 0 Å². The number of carbonyl (C=O) groups is 7. The van der Waals surface area contributed by atoms with Gasteiger partial charge in [0.15, 0.2) is 0 Å². The third kappa shape index (κ3) is 70.9. The maximum atomic E-state index is 13.7. The molecule has 0 bridgehead atoms. The maximum absolute atomic E-state index is 13.7. The van der Waals surface area contributed by atoms with E-state index < -0.39 is 109 Å². The number of esters is 2. The van der Waals surface area contributed by atoms with Crippen molar-refractivity contribution in [1.82, 2.24) is 21.3 Å². The van der Waals surface area contributed by atoms with Gasteiger partial charge in [0.25, 0.3) is 0 Å². The first-order chi connectivity index (χ1) is 51.7. The zero-order valence-electron chi connectivity index (χ0n) is 67.6. The van der Waals surface area contributed by atoms with Gasteiger partial charge >= 0.3 is 27.6 Å². The molecule has 4 amide bonds. The van der Waals surface area contributed by atoms with Crippen LogP contribution in [0.1, 0.15) is 356 Å². The minimum Gasteiger partial charge on any atom is -0.462 e. The van der Waals surface area contributed by atoms with Gasteiger partial charge in [-0.3, -0.25) is 51.7 Å². The number of ketones is 1. The summed E-state index contributed by atoms with van der Waals surface area (Å²) < 4.78 is 70.7. The van der Waals surface area contributed by atoms with Crippen molar-refractivity contribution in [3.05, 3.63) is 24.3 Å². The molecular weight excluding hydrogens is 1410 g/mol. The van der Waals surface area contributed by atoms with E-state index >= 15 is 0 Å². The molecule has 0 radical (unpaired) electrons. The number of phosphoric ester groups is 2. The molecule has 26 heteroatoms. The Hall–Kier alpha value is -3.93. The van der Waals surface area contributed by atoms with Crippen molar-refractivity contribution in [1.29, 1.82) is 0 Å². The Bertz CT molecular complexity index is 2370. The molecule has 7 N–H and O–H groups in total. The fourth-order valence-electron chi connectivity index (χ4n) is 11.8. The molecule has 0 aromatic heterocycles. The molecule has 0 saturated heterocycles. The molecule has 7 atom stereocenters. The fourth-order valence-corrected chi connectivity index (χ4v) is 13.4. The van der Waals surface area contributed by atoms with Gasteiger partial charge in [-0.05, 0) is 96.3 Å². The highest BCUT2D eigenvalue weighted by atomic mass is 31.2. The molecule has 0 aliphatic rings. The van der Waals surface area contributed by atoms with Crippen LogP contribution in [-0.4, -0.2) is 153 Å². The summed E-state index contributed by atoms with van der Waals surface area (Å²) >= 11 is 0. The minimum atomic E-state index is -4.82. The number of nitrogens with one attached hydrogen (secondary N) is 4. The lowest BCUT2D eigenvalue weighted by atomic mass is 10.0. The third-order valence-corrected chi connectivity index (χ3v) is 20.2. The van der Waals surface area contributed by atoms with E-state index in [1.165, 1.54) is 64.2 Å². The van der Waals surface area contributed by atoms with Gasteiger partial charge in [0, 0.05) is 45.4 Å². The van der Waals surface area contributed by atoms with E-state index in [-0.39, 0.29) is 76.5 Å². The molecule has 0 saturated carbocycles. The Kier molecular flexibility index (Phi) is 70.8. The molecule has 107 heavy (non-hydrogen) atoms. The van der Waals surface area contributed by atoms with Gasteiger partial charge in [0.1, 0.15) is 24.4 Å². The Labute approximate surface area is 646 Å². The quantitative estimate of drug-likeness (QED) is 0.00978. The zero-order chi connectivity index (χ0) is 79.0. The van der Waals surface area contributed by atoms with E-state index in [0.717, 1.165) is 161 Å². The smallest absolute Gasteiger partial charge is 0.462 e. The van der Waals surface area contributed by atoms with Crippen molar-refractivity contribution in [3.63, 3.8) is 0 Å². The minimum absolute atomic E-state index is 0.132. The molecule has 0 fully saturated rings. The number of Topliss-reactive ketones (excluding diaryl/α,β-unsaturated/α-hetero) is 1. The molecule has 0 aromatic carbocycles. The normalized spacial score (nSPS) is 14.3. The van der Waals surface area contributed by atoms with Gasteiger partial charge in [-0.15, -0.1) is 0 Å². The van der Waals surface area contributed by atoms with Crippen LogP contribution < -0.4 is 21.3 Å². The predicted molar refractivity (Wildman–Crippen MR) is 424 cm³/mol. The monoisotopic (exact) mass is 1560 g/mol. The van der Waals surface area contributed by atoms with Crippen molar-refractivity contribution >= 4 is 57.0 Å². The van der Waals surface area contributed by atoms with E-state index in [0.29, 0.717) is 57.8 Å². The summed E-state index contributed by atoms with van der Waals surface area (Å²) in [6.45, 7) is 10.1. The van der Waals surface area contributed by atoms with Crippen LogP contribution in [-0.2, 0) is 79.7 Å². The standard InChI is InChI=1S/C81H152N4O20P2/c1-7-13-19-25-28-31-34-40-44-50-73(87)63-78(90)84-70(67-99-60-56-74(51-45-38-23-17-11-5)104-80(92)53-47-41-35-32-29-26-20-14-8-2)68-102-106(94,95)100-61-57-82-76(88)65-77(89)83-58-62-101-107(96,97)103-69-71(66-98-59-55-72(86)49-43-37-22-16-10-4)85-79(91)64-75(52-46-39-24-18-12-6)105-81(93)54-48-42-36-33-30-27-21-15-9-3/h32-33,35-36,70-72,74-75,86H,7-31,34,37-69H2,1-6H3,(H,82,88)(H,83,89)(H,84,90)(H,85,91)(H,94,95)(H,96,97)/t70?,71?,72-,74-,75-/m1/s1. The van der Waals surface area contributed by atoms with Gasteiger partial charge in [-0.1, -0.05) is 239 Å². The SMILES string of the molecule is CCCCCCC=CCCCC(=O)O[C@H](CCCCCCC)CCOCC(COP(=O)(O)OCCNC(=O)CC(=O)NCCOP(=O)(O)OCC(COCC[C@H](O)CCCCCCC)NC(=O)C[C@@H](CCCCCCC)OC(=O)CCCC=CCCCCCC)NC(=O)CC(=O)CCCCCCCCCCC. The highest BCUT2D eigenvalue weighted by molar-refractivity contribution is 7.47. The fraction of sp³-hybridized carbons (Fsp3) is 0.864. The predicted octanol–water partition coefficient (Wildman–Crippen LogP) is 17.6. The van der Waals surface area contributed by atoms with E-state index in [1.54, 1.807) is 0 Å². The number of unbranched alkanes of at least 4 members (excludes halogenated alkanes) is 30. The van der Waals surface area contributed by atoms with Gasteiger partial charge in [0.05, 0.1) is 77.3 Å². The van der Waals surface area contributed by atoms with Crippen molar-refractivity contribution in [2.75, 3.05) is 65.9 Å². The number of rotatable bonds is 80. The molecule has 0 rings (SSSR count). The Balaban J connectivity index is 5.64. The summed E-state index contributed by atoms with van der Waals surface area (Å²) in [7, 11) is -9.64. The molecule has 24 nitrogen and oxygen atoms in total. The lowest BCUT2D eigenvalue weighted by Crippen LogP contribution is -2.43. The van der Waals surface area contributed by atoms with Crippen LogP contribution in [0, 0.1) is 0 Å². The maximum Gasteiger partial charge on any atom is 0.472 e. The number of aliphatic hydroxyl groups is 1. The van der Waals surface area contributed by atoms with E-state index in [9.17, 15) is 57.6 Å². The second-order valence-corrected chi connectivity index (χ2v) is 31.6. The first-order valence-electron chi connectivity index (χ1n) is 42.1. The highest BCUT2D eigenvalue weighted by Gasteiger charge is 2.28.